The summed E-state index contributed by atoms with van der Waals surface area (Å²) < 4.78 is 0. The third-order valence-electron chi connectivity index (χ3n) is 2.02. The van der Waals surface area contributed by atoms with E-state index in [1.54, 1.807) is 0 Å². The second kappa shape index (κ2) is 2.96. The molecule has 0 aliphatic carbocycles. The van der Waals surface area contributed by atoms with Gasteiger partial charge in [0.1, 0.15) is 0 Å². The van der Waals surface area contributed by atoms with Crippen molar-refractivity contribution < 1.29 is 4.79 Å². The van der Waals surface area contributed by atoms with Crippen molar-refractivity contribution in [2.45, 2.75) is 26.3 Å². The SMILES string of the molecule is C#C[C@@H]1CC(=O)N(C(C)C)C1. The molecule has 60 valence electrons. The Labute approximate surface area is 67.6 Å². The van der Waals surface area contributed by atoms with Crippen LogP contribution in [0.5, 0.6) is 0 Å². The summed E-state index contributed by atoms with van der Waals surface area (Å²) in [7, 11) is 0. The molecule has 11 heavy (non-hydrogen) atoms. The fraction of sp³-hybridized carbons (Fsp3) is 0.667. The molecule has 2 nitrogen and oxygen atoms in total. The lowest BCUT2D eigenvalue weighted by Crippen LogP contribution is -2.31. The second-order valence-corrected chi connectivity index (χ2v) is 3.21. The molecule has 1 saturated heterocycles. The highest BCUT2D eigenvalue weighted by molar-refractivity contribution is 5.79. The Morgan fingerprint density at radius 3 is 2.64 bits per heavy atom. The standard InChI is InChI=1S/C9H13NO/c1-4-8-5-9(11)10(6-8)7(2)3/h1,7-8H,5-6H2,2-3H3/t8-/m1/s1. The third kappa shape index (κ3) is 1.54. The fourth-order valence-electron chi connectivity index (χ4n) is 1.34. The maximum Gasteiger partial charge on any atom is 0.224 e. The number of nitrogens with zero attached hydrogens (tertiary/aromatic N) is 1. The van der Waals surface area contributed by atoms with Crippen molar-refractivity contribution in [2.24, 2.45) is 5.92 Å². The van der Waals surface area contributed by atoms with Crippen molar-refractivity contribution in [1.82, 2.24) is 4.90 Å². The molecule has 0 aromatic heterocycles. The average molecular weight is 151 g/mol. The van der Waals surface area contributed by atoms with Gasteiger partial charge in [0, 0.05) is 24.9 Å². The number of rotatable bonds is 1. The van der Waals surface area contributed by atoms with E-state index in [0.29, 0.717) is 12.5 Å². The number of hydrogen-bond donors (Lipinski definition) is 0. The minimum absolute atomic E-state index is 0.143. The Hall–Kier alpha value is -0.970. The van der Waals surface area contributed by atoms with Gasteiger partial charge in [-0.15, -0.1) is 12.3 Å². The molecule has 1 fully saturated rings. The van der Waals surface area contributed by atoms with Crippen LogP contribution < -0.4 is 0 Å². The zero-order valence-electron chi connectivity index (χ0n) is 7.00. The Morgan fingerprint density at radius 1 is 1.73 bits per heavy atom. The number of carbonyl (C=O) groups excluding carboxylic acids is 1. The van der Waals surface area contributed by atoms with E-state index in [2.05, 4.69) is 5.92 Å². The van der Waals surface area contributed by atoms with Gasteiger partial charge < -0.3 is 4.90 Å². The predicted molar refractivity (Wildman–Crippen MR) is 43.8 cm³/mol. The van der Waals surface area contributed by atoms with Crippen molar-refractivity contribution in [3.8, 4) is 12.3 Å². The summed E-state index contributed by atoms with van der Waals surface area (Å²) in [6, 6.07) is 0.292. The van der Waals surface area contributed by atoms with E-state index in [4.69, 9.17) is 6.42 Å². The molecule has 0 saturated carbocycles. The molecular formula is C9H13NO. The molecule has 1 rings (SSSR count). The first kappa shape index (κ1) is 8.13. The number of carbonyl (C=O) groups is 1. The lowest BCUT2D eigenvalue weighted by atomic mass is 10.1. The van der Waals surface area contributed by atoms with E-state index >= 15 is 0 Å². The number of amides is 1. The molecule has 1 atom stereocenters. The van der Waals surface area contributed by atoms with Crippen LogP contribution in [0, 0.1) is 18.3 Å². The maximum absolute atomic E-state index is 11.2. The van der Waals surface area contributed by atoms with Crippen LogP contribution in [0.4, 0.5) is 0 Å². The summed E-state index contributed by atoms with van der Waals surface area (Å²) in [6.07, 6.45) is 5.77. The van der Waals surface area contributed by atoms with E-state index in [9.17, 15) is 4.79 Å². The topological polar surface area (TPSA) is 20.3 Å². The Balaban J connectivity index is 2.60. The fourth-order valence-corrected chi connectivity index (χ4v) is 1.34. The molecule has 1 aliphatic rings. The largest absolute Gasteiger partial charge is 0.339 e. The Kier molecular flexibility index (Phi) is 2.19. The first-order valence-corrected chi connectivity index (χ1v) is 3.90. The summed E-state index contributed by atoms with van der Waals surface area (Å²) in [5.41, 5.74) is 0. The smallest absolute Gasteiger partial charge is 0.224 e. The monoisotopic (exact) mass is 151 g/mol. The quantitative estimate of drug-likeness (QED) is 0.509. The molecule has 0 radical (unpaired) electrons. The summed E-state index contributed by atoms with van der Waals surface area (Å²) in [5, 5.41) is 0. The molecule has 0 spiro atoms. The minimum atomic E-state index is 0.143. The Bertz CT molecular complexity index is 202. The van der Waals surface area contributed by atoms with Gasteiger partial charge in [-0.1, -0.05) is 0 Å². The molecule has 2 heteroatoms. The van der Waals surface area contributed by atoms with Crippen LogP contribution in [0.2, 0.25) is 0 Å². The van der Waals surface area contributed by atoms with Crippen molar-refractivity contribution in [2.75, 3.05) is 6.54 Å². The molecule has 1 aliphatic heterocycles. The lowest BCUT2D eigenvalue weighted by Gasteiger charge is -2.19. The summed E-state index contributed by atoms with van der Waals surface area (Å²) in [4.78, 5) is 13.1. The van der Waals surface area contributed by atoms with Crippen LogP contribution in [0.15, 0.2) is 0 Å². The van der Waals surface area contributed by atoms with Gasteiger partial charge in [-0.05, 0) is 13.8 Å². The van der Waals surface area contributed by atoms with Crippen LogP contribution in [0.1, 0.15) is 20.3 Å². The third-order valence-corrected chi connectivity index (χ3v) is 2.02. The predicted octanol–water partition coefficient (Wildman–Crippen LogP) is 0.877. The molecule has 0 unspecified atom stereocenters. The molecule has 0 aromatic carbocycles. The van der Waals surface area contributed by atoms with E-state index < -0.39 is 0 Å². The second-order valence-electron chi connectivity index (χ2n) is 3.21. The minimum Gasteiger partial charge on any atom is -0.339 e. The van der Waals surface area contributed by atoms with Crippen LogP contribution in [-0.2, 0) is 4.79 Å². The molecule has 0 N–H and O–H groups in total. The van der Waals surface area contributed by atoms with E-state index in [1.165, 1.54) is 0 Å². The molecule has 0 aromatic rings. The molecular weight excluding hydrogens is 138 g/mol. The van der Waals surface area contributed by atoms with Crippen LogP contribution in [0.3, 0.4) is 0 Å². The molecule has 1 heterocycles. The highest BCUT2D eigenvalue weighted by atomic mass is 16.2. The van der Waals surface area contributed by atoms with Crippen molar-refractivity contribution in [3.05, 3.63) is 0 Å². The summed E-state index contributed by atoms with van der Waals surface area (Å²) >= 11 is 0. The average Bonchev–Trinajstić information content (AvgIpc) is 2.30. The van der Waals surface area contributed by atoms with Crippen molar-refractivity contribution in [3.63, 3.8) is 0 Å². The number of terminal acetylenes is 1. The number of hydrogen-bond acceptors (Lipinski definition) is 1. The zero-order valence-corrected chi connectivity index (χ0v) is 7.00. The first-order chi connectivity index (χ1) is 5.15. The molecule has 1 amide bonds. The summed E-state index contributed by atoms with van der Waals surface area (Å²) in [5.74, 6) is 2.96. The molecule has 0 bridgehead atoms. The highest BCUT2D eigenvalue weighted by Gasteiger charge is 2.29. The highest BCUT2D eigenvalue weighted by Crippen LogP contribution is 2.18. The van der Waals surface area contributed by atoms with E-state index in [-0.39, 0.29) is 11.8 Å². The zero-order chi connectivity index (χ0) is 8.43. The van der Waals surface area contributed by atoms with E-state index in [0.717, 1.165) is 6.54 Å². The summed E-state index contributed by atoms with van der Waals surface area (Å²) in [6.45, 7) is 4.76. The van der Waals surface area contributed by atoms with Gasteiger partial charge in [0.05, 0.1) is 0 Å². The number of likely N-dealkylation sites (tertiary alicyclic amines) is 1. The van der Waals surface area contributed by atoms with Gasteiger partial charge in [-0.3, -0.25) is 4.79 Å². The van der Waals surface area contributed by atoms with E-state index in [1.807, 2.05) is 18.7 Å². The van der Waals surface area contributed by atoms with Gasteiger partial charge in [0.15, 0.2) is 0 Å². The van der Waals surface area contributed by atoms with Gasteiger partial charge >= 0.3 is 0 Å². The van der Waals surface area contributed by atoms with Crippen LogP contribution >= 0.6 is 0 Å². The van der Waals surface area contributed by atoms with Crippen LogP contribution in [-0.4, -0.2) is 23.4 Å². The first-order valence-electron chi connectivity index (χ1n) is 3.90. The normalized spacial score (nSPS) is 24.4. The van der Waals surface area contributed by atoms with Crippen LogP contribution in [0.25, 0.3) is 0 Å². The van der Waals surface area contributed by atoms with Gasteiger partial charge in [-0.25, -0.2) is 0 Å². The lowest BCUT2D eigenvalue weighted by molar-refractivity contribution is -0.129. The Morgan fingerprint density at radius 2 is 2.36 bits per heavy atom. The van der Waals surface area contributed by atoms with Crippen molar-refractivity contribution in [1.29, 1.82) is 0 Å². The van der Waals surface area contributed by atoms with Gasteiger partial charge in [0.2, 0.25) is 5.91 Å². The van der Waals surface area contributed by atoms with Crippen molar-refractivity contribution >= 4 is 5.91 Å². The van der Waals surface area contributed by atoms with Gasteiger partial charge in [-0.2, -0.15) is 0 Å². The maximum atomic E-state index is 11.2. The van der Waals surface area contributed by atoms with Gasteiger partial charge in [0.25, 0.3) is 0 Å².